The summed E-state index contributed by atoms with van der Waals surface area (Å²) in [6, 6.07) is 0. The lowest BCUT2D eigenvalue weighted by Crippen LogP contribution is -1.93. The summed E-state index contributed by atoms with van der Waals surface area (Å²) in [5.74, 6) is 0. The minimum absolute atomic E-state index is 0.241. The average molecular weight is 184 g/mol. The maximum absolute atomic E-state index is 8.63. The van der Waals surface area contributed by atoms with E-state index in [1.54, 1.807) is 0 Å². The molecule has 1 aliphatic rings. The van der Waals surface area contributed by atoms with E-state index in [-0.39, 0.29) is 6.61 Å². The van der Waals surface area contributed by atoms with Crippen LogP contribution < -0.4 is 0 Å². The van der Waals surface area contributed by atoms with Crippen LogP contribution in [0.25, 0.3) is 0 Å². The summed E-state index contributed by atoms with van der Waals surface area (Å²) in [7, 11) is 0. The van der Waals surface area contributed by atoms with Gasteiger partial charge in [-0.1, -0.05) is 31.9 Å². The smallest absolute Gasteiger partial charge is 0.102 e. The molecular formula is C11H20O2. The number of allylic oxidation sites excluding steroid dienone is 1. The molecule has 0 spiro atoms. The number of rotatable bonds is 7. The predicted molar refractivity (Wildman–Crippen MR) is 53.6 cm³/mol. The Kier molecular flexibility index (Phi) is 5.09. The highest BCUT2D eigenvalue weighted by atomic mass is 16.6. The molecule has 0 aromatic heterocycles. The number of unbranched alkanes of at least 4 members (excludes halogenated alkanes) is 3. The van der Waals surface area contributed by atoms with Gasteiger partial charge in [-0.3, -0.25) is 0 Å². The van der Waals surface area contributed by atoms with Crippen LogP contribution >= 0.6 is 0 Å². The minimum atomic E-state index is 0.241. The first-order valence-electron chi connectivity index (χ1n) is 5.31. The van der Waals surface area contributed by atoms with Crippen LogP contribution in [0.15, 0.2) is 12.2 Å². The van der Waals surface area contributed by atoms with Crippen molar-refractivity contribution in [2.45, 2.75) is 51.2 Å². The van der Waals surface area contributed by atoms with Crippen molar-refractivity contribution in [3.05, 3.63) is 12.2 Å². The molecule has 0 aliphatic carbocycles. The van der Waals surface area contributed by atoms with E-state index in [1.807, 2.05) is 0 Å². The summed E-state index contributed by atoms with van der Waals surface area (Å²) in [5.41, 5.74) is 0. The molecule has 0 amide bonds. The molecule has 0 radical (unpaired) electrons. The zero-order chi connectivity index (χ0) is 9.52. The Morgan fingerprint density at radius 1 is 1.38 bits per heavy atom. The molecule has 0 bridgehead atoms. The van der Waals surface area contributed by atoms with Crippen LogP contribution in [0, 0.1) is 0 Å². The topological polar surface area (TPSA) is 32.8 Å². The molecule has 13 heavy (non-hydrogen) atoms. The summed E-state index contributed by atoms with van der Waals surface area (Å²) in [6.07, 6.45) is 10.8. The fourth-order valence-corrected chi connectivity index (χ4v) is 1.43. The lowest BCUT2D eigenvalue weighted by Gasteiger charge is -1.90. The van der Waals surface area contributed by atoms with Crippen molar-refractivity contribution in [1.82, 2.24) is 0 Å². The highest BCUT2D eigenvalue weighted by molar-refractivity contribution is 5.02. The summed E-state index contributed by atoms with van der Waals surface area (Å²) < 4.78 is 5.32. The van der Waals surface area contributed by atoms with Crippen molar-refractivity contribution in [2.24, 2.45) is 0 Å². The fourth-order valence-electron chi connectivity index (χ4n) is 1.43. The van der Waals surface area contributed by atoms with Crippen LogP contribution in [0.4, 0.5) is 0 Å². The number of hydrogen-bond donors (Lipinski definition) is 1. The van der Waals surface area contributed by atoms with Crippen LogP contribution in [0.2, 0.25) is 0 Å². The molecule has 2 atom stereocenters. The molecule has 0 saturated carbocycles. The second-order valence-corrected chi connectivity index (χ2v) is 3.58. The maximum atomic E-state index is 8.63. The molecular weight excluding hydrogens is 164 g/mol. The molecule has 1 heterocycles. The van der Waals surface area contributed by atoms with E-state index in [2.05, 4.69) is 19.1 Å². The third-order valence-electron chi connectivity index (χ3n) is 2.34. The van der Waals surface area contributed by atoms with Gasteiger partial charge in [0.2, 0.25) is 0 Å². The van der Waals surface area contributed by atoms with Gasteiger partial charge in [-0.05, 0) is 19.3 Å². The van der Waals surface area contributed by atoms with E-state index >= 15 is 0 Å². The molecule has 1 rings (SSSR count). The lowest BCUT2D eigenvalue weighted by atomic mass is 10.2. The van der Waals surface area contributed by atoms with Crippen LogP contribution in [-0.4, -0.2) is 23.9 Å². The molecule has 1 saturated heterocycles. The Bertz CT molecular complexity index is 154. The fraction of sp³-hybridized carbons (Fsp3) is 0.818. The van der Waals surface area contributed by atoms with Gasteiger partial charge in [-0.2, -0.15) is 0 Å². The zero-order valence-electron chi connectivity index (χ0n) is 8.41. The molecule has 0 aromatic carbocycles. The number of aliphatic hydroxyl groups is 1. The number of aliphatic hydroxyl groups excluding tert-OH is 1. The largest absolute Gasteiger partial charge is 0.396 e. The molecule has 2 nitrogen and oxygen atoms in total. The number of epoxide rings is 1. The zero-order valence-corrected chi connectivity index (χ0v) is 8.41. The van der Waals surface area contributed by atoms with Gasteiger partial charge >= 0.3 is 0 Å². The average Bonchev–Trinajstić information content (AvgIpc) is 2.84. The Balaban J connectivity index is 1.94. The van der Waals surface area contributed by atoms with E-state index < -0.39 is 0 Å². The van der Waals surface area contributed by atoms with Crippen molar-refractivity contribution in [1.29, 1.82) is 0 Å². The first-order valence-corrected chi connectivity index (χ1v) is 5.31. The van der Waals surface area contributed by atoms with E-state index in [0.717, 1.165) is 6.42 Å². The van der Waals surface area contributed by atoms with Gasteiger partial charge in [0.25, 0.3) is 0 Å². The predicted octanol–water partition coefficient (Wildman–Crippen LogP) is 2.27. The maximum Gasteiger partial charge on any atom is 0.102 e. The van der Waals surface area contributed by atoms with Crippen LogP contribution in [0.5, 0.6) is 0 Å². The van der Waals surface area contributed by atoms with Crippen molar-refractivity contribution >= 4 is 0 Å². The molecule has 1 aliphatic heterocycles. The normalized spacial score (nSPS) is 26.9. The summed E-state index contributed by atoms with van der Waals surface area (Å²) >= 11 is 0. The Labute approximate surface area is 80.6 Å². The van der Waals surface area contributed by atoms with E-state index in [9.17, 15) is 0 Å². The second kappa shape index (κ2) is 6.17. The molecule has 1 fully saturated rings. The van der Waals surface area contributed by atoms with E-state index in [1.165, 1.54) is 25.7 Å². The van der Waals surface area contributed by atoms with Gasteiger partial charge < -0.3 is 9.84 Å². The lowest BCUT2D eigenvalue weighted by molar-refractivity contribution is 0.263. The Morgan fingerprint density at radius 3 is 2.92 bits per heavy atom. The summed E-state index contributed by atoms with van der Waals surface area (Å²) in [4.78, 5) is 0. The van der Waals surface area contributed by atoms with Crippen molar-refractivity contribution in [3.63, 3.8) is 0 Å². The van der Waals surface area contributed by atoms with Gasteiger partial charge in [0.15, 0.2) is 0 Å². The standard InChI is InChI=1S/C11H20O2/c1-2-3-4-5-6-7-10-11(13-10)8-9-12/h6-7,10-12H,2-5,8-9H2,1H3/b7-6+. The van der Waals surface area contributed by atoms with E-state index in [0.29, 0.717) is 12.2 Å². The van der Waals surface area contributed by atoms with Crippen molar-refractivity contribution in [2.75, 3.05) is 6.61 Å². The molecule has 76 valence electrons. The summed E-state index contributed by atoms with van der Waals surface area (Å²) in [6.45, 7) is 2.45. The Morgan fingerprint density at radius 2 is 2.23 bits per heavy atom. The first-order chi connectivity index (χ1) is 6.38. The monoisotopic (exact) mass is 184 g/mol. The van der Waals surface area contributed by atoms with Gasteiger partial charge in [-0.25, -0.2) is 0 Å². The molecule has 2 heteroatoms. The molecule has 2 unspecified atom stereocenters. The molecule has 1 N–H and O–H groups in total. The Hall–Kier alpha value is -0.340. The van der Waals surface area contributed by atoms with Gasteiger partial charge in [0, 0.05) is 6.61 Å². The summed E-state index contributed by atoms with van der Waals surface area (Å²) in [5, 5.41) is 8.63. The highest BCUT2D eigenvalue weighted by Gasteiger charge is 2.35. The quantitative estimate of drug-likeness (QED) is 0.374. The highest BCUT2D eigenvalue weighted by Crippen LogP contribution is 2.26. The third-order valence-corrected chi connectivity index (χ3v) is 2.34. The van der Waals surface area contributed by atoms with Crippen molar-refractivity contribution < 1.29 is 9.84 Å². The van der Waals surface area contributed by atoms with Crippen LogP contribution in [0.1, 0.15) is 39.0 Å². The van der Waals surface area contributed by atoms with Gasteiger partial charge in [-0.15, -0.1) is 0 Å². The number of ether oxygens (including phenoxy) is 1. The SMILES string of the molecule is CCCCC/C=C/C1OC1CCO. The van der Waals surface area contributed by atoms with Gasteiger partial charge in [0.05, 0.1) is 6.10 Å². The third kappa shape index (κ3) is 4.44. The second-order valence-electron chi connectivity index (χ2n) is 3.58. The minimum Gasteiger partial charge on any atom is -0.396 e. The van der Waals surface area contributed by atoms with Crippen LogP contribution in [-0.2, 0) is 4.74 Å². The molecule has 0 aromatic rings. The van der Waals surface area contributed by atoms with Gasteiger partial charge in [0.1, 0.15) is 6.10 Å². The number of hydrogen-bond acceptors (Lipinski definition) is 2. The van der Waals surface area contributed by atoms with Crippen molar-refractivity contribution in [3.8, 4) is 0 Å². The van der Waals surface area contributed by atoms with E-state index in [4.69, 9.17) is 9.84 Å². The van der Waals surface area contributed by atoms with Crippen LogP contribution in [0.3, 0.4) is 0 Å². The first kappa shape index (κ1) is 10.7.